The topological polar surface area (TPSA) is 76.7 Å². The van der Waals surface area contributed by atoms with Crippen LogP contribution in [0.5, 0.6) is 0 Å². The fourth-order valence-corrected chi connectivity index (χ4v) is 3.54. The van der Waals surface area contributed by atoms with E-state index in [9.17, 15) is 14.9 Å². The van der Waals surface area contributed by atoms with Crippen molar-refractivity contribution in [1.29, 1.82) is 0 Å². The Morgan fingerprint density at radius 3 is 2.88 bits per heavy atom. The number of nitrogens with one attached hydrogen (secondary N) is 2. The summed E-state index contributed by atoms with van der Waals surface area (Å²) in [5.41, 5.74) is 3.13. The average molecular weight is 340 g/mol. The van der Waals surface area contributed by atoms with Gasteiger partial charge in [-0.25, -0.2) is 0 Å². The molecule has 1 unspecified atom stereocenters. The Hall–Kier alpha value is -2.73. The van der Waals surface area contributed by atoms with E-state index in [1.165, 1.54) is 23.3 Å². The number of rotatable bonds is 5. The molecule has 130 valence electrons. The van der Waals surface area contributed by atoms with Crippen LogP contribution in [0.1, 0.15) is 30.0 Å². The zero-order chi connectivity index (χ0) is 17.8. The summed E-state index contributed by atoms with van der Waals surface area (Å²) in [5, 5.41) is 13.6. The van der Waals surface area contributed by atoms with Gasteiger partial charge in [0.05, 0.1) is 12.0 Å². The third-order valence-corrected chi connectivity index (χ3v) is 4.74. The minimum atomic E-state index is -0.466. The highest BCUT2D eigenvalue weighted by Crippen LogP contribution is 2.27. The number of nitro benzene ring substituents is 1. The average Bonchev–Trinajstić information content (AvgIpc) is 2.61. The molecule has 2 atom stereocenters. The first-order valence-electron chi connectivity index (χ1n) is 8.49. The molecule has 0 fully saturated rings. The number of likely N-dealkylation sites (N-methyl/N-ethyl adjacent to an activating group) is 1. The van der Waals surface area contributed by atoms with Gasteiger partial charge in [-0.2, -0.15) is 0 Å². The zero-order valence-electron chi connectivity index (χ0n) is 14.2. The smallest absolute Gasteiger partial charge is 0.279 e. The molecule has 0 heterocycles. The van der Waals surface area contributed by atoms with Gasteiger partial charge in [-0.05, 0) is 24.5 Å². The highest BCUT2D eigenvalue weighted by Gasteiger charge is 2.27. The fourth-order valence-electron chi connectivity index (χ4n) is 3.54. The first-order chi connectivity index (χ1) is 12.0. The molecule has 6 heteroatoms. The summed E-state index contributed by atoms with van der Waals surface area (Å²) in [6, 6.07) is 14.8. The Morgan fingerprint density at radius 1 is 1.28 bits per heavy atom. The number of amides is 1. The van der Waals surface area contributed by atoms with E-state index in [-0.39, 0.29) is 11.6 Å². The van der Waals surface area contributed by atoms with E-state index >= 15 is 0 Å². The molecule has 25 heavy (non-hydrogen) atoms. The van der Waals surface area contributed by atoms with Crippen LogP contribution in [0.4, 0.5) is 11.4 Å². The molecule has 0 saturated heterocycles. The number of nitrogens with zero attached hydrogens (tertiary/aromatic N) is 1. The summed E-state index contributed by atoms with van der Waals surface area (Å²) in [7, 11) is 2.03. The molecule has 3 rings (SSSR count). The van der Waals surface area contributed by atoms with Gasteiger partial charge in [0.25, 0.3) is 11.6 Å². The maximum Gasteiger partial charge on any atom is 0.279 e. The number of hydrogen-bond acceptors (Lipinski definition) is 3. The van der Waals surface area contributed by atoms with Gasteiger partial charge in [-0.1, -0.05) is 30.3 Å². The van der Waals surface area contributed by atoms with Gasteiger partial charge in [0, 0.05) is 29.8 Å². The Morgan fingerprint density at radius 2 is 2.08 bits per heavy atom. The zero-order valence-corrected chi connectivity index (χ0v) is 14.2. The van der Waals surface area contributed by atoms with E-state index < -0.39 is 4.92 Å². The predicted octanol–water partition coefficient (Wildman–Crippen LogP) is 2.13. The number of anilines is 1. The predicted molar refractivity (Wildman–Crippen MR) is 95.6 cm³/mol. The third-order valence-electron chi connectivity index (χ3n) is 4.74. The van der Waals surface area contributed by atoms with Crippen molar-refractivity contribution in [2.75, 3.05) is 18.9 Å². The van der Waals surface area contributed by atoms with E-state index in [2.05, 4.69) is 23.5 Å². The minimum Gasteiger partial charge on any atom is -0.323 e. The molecule has 0 aliphatic heterocycles. The number of aryl methyl sites for hydroxylation is 1. The maximum atomic E-state index is 12.4. The summed E-state index contributed by atoms with van der Waals surface area (Å²) >= 11 is 0. The Balaban J connectivity index is 1.65. The van der Waals surface area contributed by atoms with Crippen LogP contribution in [0.15, 0.2) is 48.5 Å². The van der Waals surface area contributed by atoms with Crippen molar-refractivity contribution < 1.29 is 14.6 Å². The van der Waals surface area contributed by atoms with Gasteiger partial charge in [-0.3, -0.25) is 14.9 Å². The number of quaternary nitrogens is 1. The van der Waals surface area contributed by atoms with Gasteiger partial charge in [0.15, 0.2) is 6.54 Å². The summed E-state index contributed by atoms with van der Waals surface area (Å²) in [6.07, 6.45) is 3.29. The number of nitro groups is 1. The minimum absolute atomic E-state index is 0.0280. The van der Waals surface area contributed by atoms with Crippen LogP contribution < -0.4 is 10.2 Å². The van der Waals surface area contributed by atoms with Crippen LogP contribution in [0.3, 0.4) is 0 Å². The van der Waals surface area contributed by atoms with Gasteiger partial charge < -0.3 is 10.2 Å². The number of carbonyl (C=O) groups is 1. The Kier molecular flexibility index (Phi) is 5.09. The lowest BCUT2D eigenvalue weighted by molar-refractivity contribution is -0.905. The molecule has 6 nitrogen and oxygen atoms in total. The molecule has 1 aliphatic carbocycles. The quantitative estimate of drug-likeness (QED) is 0.647. The normalized spacial score (nSPS) is 17.4. The second-order valence-electron chi connectivity index (χ2n) is 6.52. The van der Waals surface area contributed by atoms with Crippen molar-refractivity contribution >= 4 is 17.3 Å². The molecule has 2 aromatic carbocycles. The van der Waals surface area contributed by atoms with Crippen molar-refractivity contribution in [3.63, 3.8) is 0 Å². The van der Waals surface area contributed by atoms with Crippen LogP contribution >= 0.6 is 0 Å². The molecule has 0 radical (unpaired) electrons. The van der Waals surface area contributed by atoms with E-state index in [0.717, 1.165) is 24.2 Å². The van der Waals surface area contributed by atoms with E-state index in [1.807, 2.05) is 13.1 Å². The molecular formula is C19H22N3O3+. The highest BCUT2D eigenvalue weighted by atomic mass is 16.6. The fraction of sp³-hybridized carbons (Fsp3) is 0.316. The monoisotopic (exact) mass is 340 g/mol. The summed E-state index contributed by atoms with van der Waals surface area (Å²) in [6.45, 7) is 0.321. The van der Waals surface area contributed by atoms with Crippen LogP contribution in [0, 0.1) is 10.1 Å². The largest absolute Gasteiger partial charge is 0.323 e. The number of non-ortho nitro benzene ring substituents is 1. The maximum absolute atomic E-state index is 12.4. The van der Waals surface area contributed by atoms with Gasteiger partial charge in [-0.15, -0.1) is 0 Å². The number of benzene rings is 2. The van der Waals surface area contributed by atoms with Crippen LogP contribution in [-0.2, 0) is 11.2 Å². The molecule has 1 amide bonds. The first-order valence-corrected chi connectivity index (χ1v) is 8.49. The van der Waals surface area contributed by atoms with Gasteiger partial charge in [0.2, 0.25) is 0 Å². The van der Waals surface area contributed by atoms with E-state index in [4.69, 9.17) is 0 Å². The van der Waals surface area contributed by atoms with E-state index in [1.54, 1.807) is 12.1 Å². The highest BCUT2D eigenvalue weighted by molar-refractivity contribution is 5.91. The second kappa shape index (κ2) is 7.44. The van der Waals surface area contributed by atoms with Gasteiger partial charge in [0.1, 0.15) is 6.04 Å². The second-order valence-corrected chi connectivity index (χ2v) is 6.52. The molecule has 0 saturated carbocycles. The molecule has 2 aromatic rings. The van der Waals surface area contributed by atoms with Crippen molar-refractivity contribution in [1.82, 2.24) is 0 Å². The van der Waals surface area contributed by atoms with Crippen LogP contribution in [-0.4, -0.2) is 24.4 Å². The summed E-state index contributed by atoms with van der Waals surface area (Å²) in [5.74, 6) is -0.138. The van der Waals surface area contributed by atoms with E-state index in [0.29, 0.717) is 18.3 Å². The lowest BCUT2D eigenvalue weighted by atomic mass is 9.87. The Labute approximate surface area is 146 Å². The SMILES string of the molecule is C[NH+](CC(=O)Nc1cccc([N+](=O)[O-])c1)[C@H]1CCCc2ccccc21. The molecule has 0 aromatic heterocycles. The summed E-state index contributed by atoms with van der Waals surface area (Å²) in [4.78, 5) is 23.9. The number of hydrogen-bond donors (Lipinski definition) is 2. The van der Waals surface area contributed by atoms with Crippen molar-refractivity contribution in [2.24, 2.45) is 0 Å². The molecule has 0 bridgehead atoms. The van der Waals surface area contributed by atoms with Crippen molar-refractivity contribution in [3.8, 4) is 0 Å². The first kappa shape index (κ1) is 17.1. The lowest BCUT2D eigenvalue weighted by Crippen LogP contribution is -3.10. The standard InChI is InChI=1S/C19H21N3O3/c1-21(18-11-4-7-14-6-2-3-10-17(14)18)13-19(23)20-15-8-5-9-16(12-15)22(24)25/h2-3,5-6,8-10,12,18H,4,7,11,13H2,1H3,(H,20,23)/p+1/t18-/m0/s1. The molecule has 1 aliphatic rings. The van der Waals surface area contributed by atoms with Crippen LogP contribution in [0.2, 0.25) is 0 Å². The van der Waals surface area contributed by atoms with Crippen molar-refractivity contribution in [2.45, 2.75) is 25.3 Å². The lowest BCUT2D eigenvalue weighted by Gasteiger charge is -2.30. The van der Waals surface area contributed by atoms with Gasteiger partial charge >= 0.3 is 0 Å². The third kappa shape index (κ3) is 4.03. The Bertz CT molecular complexity index is 791. The number of carbonyl (C=O) groups excluding carboxylic acids is 1. The molecule has 2 N–H and O–H groups in total. The van der Waals surface area contributed by atoms with Crippen molar-refractivity contribution in [3.05, 3.63) is 69.8 Å². The number of fused-ring (bicyclic) bond motifs is 1. The van der Waals surface area contributed by atoms with Crippen LogP contribution in [0.25, 0.3) is 0 Å². The summed E-state index contributed by atoms with van der Waals surface area (Å²) < 4.78 is 0. The molecule has 0 spiro atoms. The molecular weight excluding hydrogens is 318 g/mol.